The van der Waals surface area contributed by atoms with Crippen LogP contribution in [0.3, 0.4) is 0 Å². The summed E-state index contributed by atoms with van der Waals surface area (Å²) < 4.78 is 6.60. The number of furan rings is 1. The van der Waals surface area contributed by atoms with Gasteiger partial charge in [0.15, 0.2) is 17.5 Å². The van der Waals surface area contributed by atoms with Crippen LogP contribution in [0.4, 0.5) is 0 Å². The third-order valence-corrected chi connectivity index (χ3v) is 8.99. The summed E-state index contributed by atoms with van der Waals surface area (Å²) in [5, 5.41) is 3.58. The first kappa shape index (κ1) is 27.2. The molecular formula is C43H29N3O. The Morgan fingerprint density at radius 3 is 1.81 bits per heavy atom. The van der Waals surface area contributed by atoms with Gasteiger partial charge in [-0.1, -0.05) is 146 Å². The first-order valence-corrected chi connectivity index (χ1v) is 16.0. The molecule has 222 valence electrons. The van der Waals surface area contributed by atoms with Gasteiger partial charge < -0.3 is 4.42 Å². The number of aryl methyl sites for hydroxylation is 1. The van der Waals surface area contributed by atoms with Crippen molar-refractivity contribution in [1.29, 1.82) is 0 Å². The Labute approximate surface area is 272 Å². The quantitative estimate of drug-likeness (QED) is 0.196. The molecule has 47 heavy (non-hydrogen) atoms. The number of fused-ring (bicyclic) bond motifs is 4. The van der Waals surface area contributed by atoms with Crippen LogP contribution < -0.4 is 0 Å². The van der Waals surface area contributed by atoms with Gasteiger partial charge in [-0.3, -0.25) is 0 Å². The smallest absolute Gasteiger partial charge is 0.164 e. The molecule has 8 aromatic rings. The van der Waals surface area contributed by atoms with E-state index in [-0.39, 0.29) is 0 Å². The van der Waals surface area contributed by atoms with Gasteiger partial charge in [-0.25, -0.2) is 15.0 Å². The number of hydrogen-bond acceptors (Lipinski definition) is 4. The van der Waals surface area contributed by atoms with E-state index < -0.39 is 0 Å². The molecule has 0 spiro atoms. The van der Waals surface area contributed by atoms with Gasteiger partial charge in [0, 0.05) is 39.6 Å². The van der Waals surface area contributed by atoms with Gasteiger partial charge in [0.1, 0.15) is 11.3 Å². The summed E-state index contributed by atoms with van der Waals surface area (Å²) in [4.78, 5) is 14.9. The third-order valence-electron chi connectivity index (χ3n) is 8.99. The zero-order valence-electron chi connectivity index (χ0n) is 25.6. The molecule has 0 saturated heterocycles. The van der Waals surface area contributed by atoms with Crippen molar-refractivity contribution in [2.45, 2.75) is 12.8 Å². The molecule has 0 radical (unpaired) electrons. The topological polar surface area (TPSA) is 51.8 Å². The maximum Gasteiger partial charge on any atom is 0.164 e. The van der Waals surface area contributed by atoms with Crippen molar-refractivity contribution in [2.24, 2.45) is 0 Å². The van der Waals surface area contributed by atoms with Crippen molar-refractivity contribution in [1.82, 2.24) is 15.0 Å². The number of hydrogen-bond donors (Lipinski definition) is 0. The Hall–Kier alpha value is -6.13. The zero-order chi connectivity index (χ0) is 31.2. The first-order chi connectivity index (χ1) is 23.3. The van der Waals surface area contributed by atoms with E-state index in [9.17, 15) is 0 Å². The van der Waals surface area contributed by atoms with Crippen molar-refractivity contribution in [3.05, 3.63) is 157 Å². The Bertz CT molecular complexity index is 2390. The Morgan fingerprint density at radius 2 is 1.09 bits per heavy atom. The van der Waals surface area contributed by atoms with Crippen molar-refractivity contribution in [2.75, 3.05) is 0 Å². The summed E-state index contributed by atoms with van der Waals surface area (Å²) in [7, 11) is 0. The molecule has 0 saturated carbocycles. The van der Waals surface area contributed by atoms with Crippen LogP contribution >= 0.6 is 0 Å². The number of allylic oxidation sites excluding steroid dienone is 1. The number of aromatic nitrogens is 3. The minimum atomic E-state index is 0.641. The average molecular weight is 604 g/mol. The molecule has 0 fully saturated rings. The Balaban J connectivity index is 1.18. The highest BCUT2D eigenvalue weighted by molar-refractivity contribution is 6.13. The second-order valence-corrected chi connectivity index (χ2v) is 11.9. The van der Waals surface area contributed by atoms with Crippen LogP contribution in [0, 0.1) is 0 Å². The maximum atomic E-state index is 6.60. The normalized spacial score (nSPS) is 12.4. The molecule has 0 bridgehead atoms. The van der Waals surface area contributed by atoms with E-state index in [2.05, 4.69) is 84.9 Å². The second-order valence-electron chi connectivity index (χ2n) is 11.9. The van der Waals surface area contributed by atoms with Crippen LogP contribution in [0.5, 0.6) is 0 Å². The SMILES string of the molecule is C1=Cc2c(oc3c(-c4ccc(-c5ccccc5-c5nc(-c6ccccc6)nc(-c6ccccc6)n5)cc4)c4ccccc4cc23)CC1. The largest absolute Gasteiger partial charge is 0.460 e. The van der Waals surface area contributed by atoms with E-state index in [1.54, 1.807) is 0 Å². The van der Waals surface area contributed by atoms with Crippen LogP contribution in [-0.2, 0) is 6.42 Å². The number of nitrogens with zero attached hydrogens (tertiary/aromatic N) is 3. The lowest BCUT2D eigenvalue weighted by molar-refractivity contribution is 0.547. The maximum absolute atomic E-state index is 6.60. The highest BCUT2D eigenvalue weighted by Gasteiger charge is 2.21. The summed E-state index contributed by atoms with van der Waals surface area (Å²) >= 11 is 0. The highest BCUT2D eigenvalue weighted by Crippen LogP contribution is 2.42. The lowest BCUT2D eigenvalue weighted by atomic mass is 9.92. The summed E-state index contributed by atoms with van der Waals surface area (Å²) in [5.41, 5.74) is 9.44. The van der Waals surface area contributed by atoms with Gasteiger partial charge in [-0.15, -0.1) is 0 Å². The molecular weight excluding hydrogens is 574 g/mol. The molecule has 0 aliphatic heterocycles. The molecule has 4 heteroatoms. The van der Waals surface area contributed by atoms with Gasteiger partial charge in [0.2, 0.25) is 0 Å². The number of rotatable bonds is 5. The molecule has 0 unspecified atom stereocenters. The predicted molar refractivity (Wildman–Crippen MR) is 192 cm³/mol. The molecule has 0 atom stereocenters. The molecule has 0 N–H and O–H groups in total. The number of benzene rings is 6. The third kappa shape index (κ3) is 4.82. The van der Waals surface area contributed by atoms with E-state index in [1.807, 2.05) is 66.7 Å². The van der Waals surface area contributed by atoms with Gasteiger partial charge >= 0.3 is 0 Å². The van der Waals surface area contributed by atoms with Gasteiger partial charge in [0.05, 0.1) is 0 Å². The zero-order valence-corrected chi connectivity index (χ0v) is 25.6. The lowest BCUT2D eigenvalue weighted by Gasteiger charge is -2.13. The standard InChI is InChI=1S/C43H29N3O/c1-3-13-30(14-4-1)41-44-42(31-15-5-2-6-16-31)46-43(45-41)36-21-10-9-18-33(36)28-23-25-29(26-24-28)39-34-19-8-7-17-32(34)27-37-35-20-11-12-22-38(35)47-40(37)39/h1-11,13-21,23-27H,12,22H2. The van der Waals surface area contributed by atoms with Crippen LogP contribution in [-0.4, -0.2) is 15.0 Å². The van der Waals surface area contributed by atoms with Crippen molar-refractivity contribution in [3.8, 4) is 56.4 Å². The fourth-order valence-electron chi connectivity index (χ4n) is 6.71. The van der Waals surface area contributed by atoms with Crippen LogP contribution in [0.2, 0.25) is 0 Å². The van der Waals surface area contributed by atoms with Crippen molar-refractivity contribution >= 4 is 27.8 Å². The summed E-state index contributed by atoms with van der Waals surface area (Å²) in [5.74, 6) is 3.01. The Kier molecular flexibility index (Phi) is 6.57. The lowest BCUT2D eigenvalue weighted by Crippen LogP contribution is -2.01. The summed E-state index contributed by atoms with van der Waals surface area (Å²) in [6.45, 7) is 0. The fraction of sp³-hybridized carbons (Fsp3) is 0.0465. The van der Waals surface area contributed by atoms with Crippen LogP contribution in [0.15, 0.2) is 150 Å². The van der Waals surface area contributed by atoms with Gasteiger partial charge in [-0.2, -0.15) is 0 Å². The minimum Gasteiger partial charge on any atom is -0.460 e. The molecule has 4 nitrogen and oxygen atoms in total. The molecule has 1 aliphatic carbocycles. The van der Waals surface area contributed by atoms with Crippen LogP contribution in [0.1, 0.15) is 17.7 Å². The van der Waals surface area contributed by atoms with E-state index in [4.69, 9.17) is 19.4 Å². The van der Waals surface area contributed by atoms with E-state index in [0.29, 0.717) is 17.5 Å². The molecule has 1 aliphatic rings. The van der Waals surface area contributed by atoms with Crippen LogP contribution in [0.25, 0.3) is 84.2 Å². The molecule has 9 rings (SSSR count). The Morgan fingerprint density at radius 1 is 0.489 bits per heavy atom. The van der Waals surface area contributed by atoms with Gasteiger partial charge in [0.25, 0.3) is 0 Å². The van der Waals surface area contributed by atoms with Gasteiger partial charge in [-0.05, 0) is 39.9 Å². The van der Waals surface area contributed by atoms with Crippen molar-refractivity contribution in [3.63, 3.8) is 0 Å². The molecule has 2 heterocycles. The fourth-order valence-corrected chi connectivity index (χ4v) is 6.71. The molecule has 6 aromatic carbocycles. The summed E-state index contributed by atoms with van der Waals surface area (Å²) in [6, 6.07) is 48.2. The van der Waals surface area contributed by atoms with E-state index >= 15 is 0 Å². The molecule has 2 aromatic heterocycles. The predicted octanol–water partition coefficient (Wildman–Crippen LogP) is 11.1. The second kappa shape index (κ2) is 11.3. The van der Waals surface area contributed by atoms with E-state index in [1.165, 1.54) is 21.7 Å². The average Bonchev–Trinajstić information content (AvgIpc) is 3.52. The van der Waals surface area contributed by atoms with Crippen molar-refractivity contribution < 1.29 is 4.42 Å². The summed E-state index contributed by atoms with van der Waals surface area (Å²) in [6.07, 6.45) is 6.41. The van der Waals surface area contributed by atoms with E-state index in [0.717, 1.165) is 63.1 Å². The first-order valence-electron chi connectivity index (χ1n) is 16.0. The molecule has 0 amide bonds. The minimum absolute atomic E-state index is 0.641. The monoisotopic (exact) mass is 603 g/mol. The highest BCUT2D eigenvalue weighted by atomic mass is 16.3.